The zero-order valence-corrected chi connectivity index (χ0v) is 12.9. The highest BCUT2D eigenvalue weighted by Crippen LogP contribution is 2.28. The molecule has 1 aromatic carbocycles. The molecule has 21 heavy (non-hydrogen) atoms. The molecule has 1 saturated carbocycles. The quantitative estimate of drug-likeness (QED) is 0.566. The van der Waals surface area contributed by atoms with Crippen LogP contribution in [0.1, 0.15) is 24.8 Å². The first kappa shape index (κ1) is 16.2. The van der Waals surface area contributed by atoms with Gasteiger partial charge in [0.05, 0.1) is 0 Å². The number of nitrogens with one attached hydrogen (secondary N) is 1. The van der Waals surface area contributed by atoms with Crippen molar-refractivity contribution in [2.75, 3.05) is 25.5 Å². The van der Waals surface area contributed by atoms with Crippen LogP contribution in [0.25, 0.3) is 0 Å². The first-order valence-corrected chi connectivity index (χ1v) is 8.51. The molecule has 0 saturated heterocycles. The third-order valence-corrected chi connectivity index (χ3v) is 4.89. The van der Waals surface area contributed by atoms with Crippen LogP contribution in [0.2, 0.25) is 0 Å². The summed E-state index contributed by atoms with van der Waals surface area (Å²) in [7, 11) is -3.88. The molecule has 1 aromatic rings. The van der Waals surface area contributed by atoms with E-state index >= 15 is 0 Å². The summed E-state index contributed by atoms with van der Waals surface area (Å²) >= 11 is 0. The van der Waals surface area contributed by atoms with E-state index in [9.17, 15) is 12.8 Å². The number of nitrogen functional groups attached to an aromatic ring is 1. The Morgan fingerprint density at radius 1 is 1.43 bits per heavy atom. The van der Waals surface area contributed by atoms with Crippen molar-refractivity contribution in [3.8, 4) is 0 Å². The van der Waals surface area contributed by atoms with Crippen LogP contribution in [0.5, 0.6) is 0 Å². The third kappa shape index (κ3) is 4.66. The van der Waals surface area contributed by atoms with Crippen molar-refractivity contribution in [1.82, 2.24) is 4.72 Å². The van der Waals surface area contributed by atoms with Crippen molar-refractivity contribution in [3.63, 3.8) is 0 Å². The van der Waals surface area contributed by atoms with E-state index in [0.29, 0.717) is 24.5 Å². The Balaban J connectivity index is 1.84. The number of halogens is 1. The lowest BCUT2D eigenvalue weighted by atomic mass is 10.2. The highest BCUT2D eigenvalue weighted by atomic mass is 32.2. The van der Waals surface area contributed by atoms with Crippen LogP contribution in [-0.4, -0.2) is 28.2 Å². The Labute approximate surface area is 124 Å². The smallest absolute Gasteiger partial charge is 0.243 e. The maximum atomic E-state index is 13.8. The molecule has 0 aliphatic heterocycles. The lowest BCUT2D eigenvalue weighted by molar-refractivity contribution is 0.123. The van der Waals surface area contributed by atoms with Crippen molar-refractivity contribution in [2.45, 2.75) is 31.1 Å². The summed E-state index contributed by atoms with van der Waals surface area (Å²) < 4.78 is 45.6. The standard InChI is InChI=1S/C14H21FN2O3S/c1-10-7-12(15)14(8-13(10)16)21(18,19)17-5-2-6-20-9-11-3-4-11/h7-8,11,17H,2-6,9,16H2,1H3. The van der Waals surface area contributed by atoms with Gasteiger partial charge in [-0.25, -0.2) is 17.5 Å². The summed E-state index contributed by atoms with van der Waals surface area (Å²) in [5.74, 6) is -0.106. The normalized spacial score (nSPS) is 15.3. The lowest BCUT2D eigenvalue weighted by Gasteiger charge is -2.10. The van der Waals surface area contributed by atoms with Gasteiger partial charge in [-0.1, -0.05) is 0 Å². The molecule has 0 bridgehead atoms. The summed E-state index contributed by atoms with van der Waals surface area (Å²) in [5, 5.41) is 0. The number of ether oxygens (including phenoxy) is 1. The minimum atomic E-state index is -3.88. The number of benzene rings is 1. The molecule has 1 aliphatic rings. The van der Waals surface area contributed by atoms with Gasteiger partial charge in [-0.05, 0) is 49.8 Å². The van der Waals surface area contributed by atoms with Crippen molar-refractivity contribution >= 4 is 15.7 Å². The second-order valence-electron chi connectivity index (χ2n) is 5.41. The van der Waals surface area contributed by atoms with Gasteiger partial charge in [-0.3, -0.25) is 0 Å². The molecule has 118 valence electrons. The van der Waals surface area contributed by atoms with E-state index in [-0.39, 0.29) is 12.2 Å². The Hall–Kier alpha value is -1.18. The summed E-state index contributed by atoms with van der Waals surface area (Å²) in [6.07, 6.45) is 3.00. The van der Waals surface area contributed by atoms with Crippen molar-refractivity contribution in [2.24, 2.45) is 5.92 Å². The first-order valence-electron chi connectivity index (χ1n) is 7.03. The van der Waals surface area contributed by atoms with Gasteiger partial charge < -0.3 is 10.5 Å². The van der Waals surface area contributed by atoms with Gasteiger partial charge in [0.25, 0.3) is 0 Å². The summed E-state index contributed by atoms with van der Waals surface area (Å²) in [4.78, 5) is -0.413. The van der Waals surface area contributed by atoms with Crippen LogP contribution in [0, 0.1) is 18.7 Å². The molecule has 2 rings (SSSR count). The van der Waals surface area contributed by atoms with Crippen LogP contribution < -0.4 is 10.5 Å². The molecular weight excluding hydrogens is 295 g/mol. The molecule has 0 amide bonds. The van der Waals surface area contributed by atoms with E-state index in [4.69, 9.17) is 10.5 Å². The number of aryl methyl sites for hydroxylation is 1. The largest absolute Gasteiger partial charge is 0.398 e. The van der Waals surface area contributed by atoms with Crippen LogP contribution in [-0.2, 0) is 14.8 Å². The minimum absolute atomic E-state index is 0.209. The predicted molar refractivity (Wildman–Crippen MR) is 78.9 cm³/mol. The topological polar surface area (TPSA) is 81.4 Å². The van der Waals surface area contributed by atoms with Gasteiger partial charge in [-0.15, -0.1) is 0 Å². The predicted octanol–water partition coefficient (Wildman–Crippen LogP) is 1.81. The molecule has 0 spiro atoms. The van der Waals surface area contributed by atoms with E-state index in [0.717, 1.165) is 18.7 Å². The lowest BCUT2D eigenvalue weighted by Crippen LogP contribution is -2.26. The fraction of sp³-hybridized carbons (Fsp3) is 0.571. The molecule has 5 nitrogen and oxygen atoms in total. The van der Waals surface area contributed by atoms with Gasteiger partial charge in [0.15, 0.2) is 0 Å². The molecule has 0 radical (unpaired) electrons. The van der Waals surface area contributed by atoms with E-state index in [1.807, 2.05) is 0 Å². The molecule has 0 atom stereocenters. The molecule has 0 heterocycles. The zero-order valence-electron chi connectivity index (χ0n) is 12.1. The van der Waals surface area contributed by atoms with Gasteiger partial charge in [0, 0.05) is 25.4 Å². The summed E-state index contributed by atoms with van der Waals surface area (Å²) in [6, 6.07) is 2.28. The highest BCUT2D eigenvalue weighted by molar-refractivity contribution is 7.89. The number of sulfonamides is 1. The molecule has 3 N–H and O–H groups in total. The summed E-state index contributed by atoms with van der Waals surface area (Å²) in [5.41, 5.74) is 6.40. The summed E-state index contributed by atoms with van der Waals surface area (Å²) in [6.45, 7) is 3.08. The maximum absolute atomic E-state index is 13.8. The Kier molecular flexibility index (Phi) is 5.18. The Morgan fingerprint density at radius 3 is 2.81 bits per heavy atom. The van der Waals surface area contributed by atoms with Gasteiger partial charge in [0.1, 0.15) is 10.7 Å². The third-order valence-electron chi connectivity index (χ3n) is 3.42. The van der Waals surface area contributed by atoms with Gasteiger partial charge in [0.2, 0.25) is 10.0 Å². The van der Waals surface area contributed by atoms with Crippen LogP contribution >= 0.6 is 0 Å². The average molecular weight is 316 g/mol. The Morgan fingerprint density at radius 2 is 2.14 bits per heavy atom. The molecule has 0 aromatic heterocycles. The van der Waals surface area contributed by atoms with Crippen molar-refractivity contribution in [3.05, 3.63) is 23.5 Å². The molecule has 0 unspecified atom stereocenters. The average Bonchev–Trinajstić information content (AvgIpc) is 3.22. The maximum Gasteiger partial charge on any atom is 0.243 e. The van der Waals surface area contributed by atoms with Crippen LogP contribution in [0.3, 0.4) is 0 Å². The second-order valence-corrected chi connectivity index (χ2v) is 7.14. The molecule has 1 aliphatic carbocycles. The zero-order chi connectivity index (χ0) is 15.5. The second kappa shape index (κ2) is 6.72. The highest BCUT2D eigenvalue weighted by Gasteiger charge is 2.21. The molecule has 1 fully saturated rings. The SMILES string of the molecule is Cc1cc(F)c(S(=O)(=O)NCCCOCC2CC2)cc1N. The number of anilines is 1. The fourth-order valence-electron chi connectivity index (χ4n) is 1.87. The monoisotopic (exact) mass is 316 g/mol. The van der Waals surface area contributed by atoms with Crippen molar-refractivity contribution in [1.29, 1.82) is 0 Å². The number of hydrogen-bond donors (Lipinski definition) is 2. The molecule has 7 heteroatoms. The van der Waals surface area contributed by atoms with Gasteiger partial charge in [-0.2, -0.15) is 0 Å². The van der Waals surface area contributed by atoms with Crippen molar-refractivity contribution < 1.29 is 17.5 Å². The fourth-order valence-corrected chi connectivity index (χ4v) is 3.03. The van der Waals surface area contributed by atoms with E-state index < -0.39 is 20.7 Å². The van der Waals surface area contributed by atoms with Crippen LogP contribution in [0.15, 0.2) is 17.0 Å². The Bertz CT molecular complexity index is 600. The van der Waals surface area contributed by atoms with E-state index in [1.54, 1.807) is 6.92 Å². The van der Waals surface area contributed by atoms with E-state index in [2.05, 4.69) is 4.72 Å². The van der Waals surface area contributed by atoms with E-state index in [1.165, 1.54) is 12.8 Å². The molecular formula is C14H21FN2O3S. The first-order chi connectivity index (χ1) is 9.90. The number of rotatable bonds is 8. The van der Waals surface area contributed by atoms with Gasteiger partial charge >= 0.3 is 0 Å². The minimum Gasteiger partial charge on any atom is -0.398 e. The number of hydrogen-bond acceptors (Lipinski definition) is 4. The van der Waals surface area contributed by atoms with Crippen LogP contribution in [0.4, 0.5) is 10.1 Å². The number of nitrogens with two attached hydrogens (primary N) is 1.